The van der Waals surface area contributed by atoms with Crippen molar-refractivity contribution in [3.8, 4) is 0 Å². The highest BCUT2D eigenvalue weighted by Gasteiger charge is 2.21. The van der Waals surface area contributed by atoms with Gasteiger partial charge >= 0.3 is 11.1 Å². The highest BCUT2D eigenvalue weighted by molar-refractivity contribution is 6.28. The maximum Gasteiger partial charge on any atom is 0.383 e. The number of halogens is 1. The lowest BCUT2D eigenvalue weighted by molar-refractivity contribution is -0.432. The third-order valence-electron chi connectivity index (χ3n) is 1.60. The van der Waals surface area contributed by atoms with E-state index < -0.39 is 0 Å². The zero-order chi connectivity index (χ0) is 8.59. The second-order valence-electron chi connectivity index (χ2n) is 2.35. The minimum absolute atomic E-state index is 0.334. The van der Waals surface area contributed by atoms with Crippen molar-refractivity contribution in [3.63, 3.8) is 0 Å². The van der Waals surface area contributed by atoms with Crippen LogP contribution in [0.5, 0.6) is 0 Å². The largest absolute Gasteiger partial charge is 0.383 e. The van der Waals surface area contributed by atoms with E-state index in [2.05, 4.69) is 4.98 Å². The van der Waals surface area contributed by atoms with Crippen LogP contribution in [0.25, 0.3) is 0 Å². The maximum absolute atomic E-state index is 10.8. The predicted octanol–water partition coefficient (Wildman–Crippen LogP) is 1.42. The van der Waals surface area contributed by atoms with E-state index in [-0.39, 0.29) is 0 Å². The van der Waals surface area contributed by atoms with Gasteiger partial charge in [0.2, 0.25) is 0 Å². The van der Waals surface area contributed by atoms with E-state index in [9.17, 15) is 4.91 Å². The summed E-state index contributed by atoms with van der Waals surface area (Å²) in [6, 6.07) is 0. The average molecular weight is 175 g/mol. The molecule has 1 rings (SSSR count). The van der Waals surface area contributed by atoms with Crippen molar-refractivity contribution in [2.24, 2.45) is 7.05 Å². The Morgan fingerprint density at radius 2 is 2.18 bits per heavy atom. The Bertz CT molecular complexity index is 305. The van der Waals surface area contributed by atoms with Crippen molar-refractivity contribution in [1.29, 1.82) is 0 Å². The molecule has 1 aromatic rings. The van der Waals surface area contributed by atoms with Crippen LogP contribution in [-0.4, -0.2) is 21.4 Å². The zero-order valence-corrected chi connectivity index (χ0v) is 7.38. The third-order valence-corrected chi connectivity index (χ3v) is 1.94. The summed E-state index contributed by atoms with van der Waals surface area (Å²) >= 11 is 5.67. The van der Waals surface area contributed by atoms with Gasteiger partial charge in [0.15, 0.2) is 0 Å². The van der Waals surface area contributed by atoms with Crippen LogP contribution in [0.3, 0.4) is 0 Å². The molecule has 0 radical (unpaired) electrons. The smallest absolute Gasteiger partial charge is 0.295 e. The molecule has 0 atom stereocenters. The third kappa shape index (κ3) is 1.26. The Morgan fingerprint density at radius 3 is 2.36 bits per heavy atom. The minimum Gasteiger partial charge on any atom is -0.295 e. The molecule has 0 fully saturated rings. The summed E-state index contributed by atoms with van der Waals surface area (Å²) in [6.45, 7) is 1.79. The molecule has 0 aromatic carbocycles. The standard InChI is InChI=1S/C6H9ClN3O/c1-4-5(10(3)11)8-6(7)9(4)2/h1-3H3/q+1. The van der Waals surface area contributed by atoms with Gasteiger partial charge in [-0.2, -0.15) is 0 Å². The Morgan fingerprint density at radius 1 is 1.64 bits per heavy atom. The topological polar surface area (TPSA) is 37.9 Å². The molecule has 0 saturated heterocycles. The van der Waals surface area contributed by atoms with Gasteiger partial charge in [-0.1, -0.05) is 4.91 Å². The first-order chi connectivity index (χ1) is 5.04. The number of aromatic nitrogens is 2. The molecule has 4 nitrogen and oxygen atoms in total. The molecule has 5 heteroatoms. The van der Waals surface area contributed by atoms with Crippen LogP contribution >= 0.6 is 11.6 Å². The molecule has 0 unspecified atom stereocenters. The second-order valence-corrected chi connectivity index (χ2v) is 2.68. The van der Waals surface area contributed by atoms with Crippen molar-refractivity contribution < 1.29 is 4.76 Å². The normalized spacial score (nSPS) is 10.2. The first-order valence-electron chi connectivity index (χ1n) is 3.13. The van der Waals surface area contributed by atoms with E-state index in [0.29, 0.717) is 15.9 Å². The van der Waals surface area contributed by atoms with E-state index in [0.717, 1.165) is 5.69 Å². The van der Waals surface area contributed by atoms with Gasteiger partial charge < -0.3 is 0 Å². The van der Waals surface area contributed by atoms with Gasteiger partial charge in [0.1, 0.15) is 12.7 Å². The quantitative estimate of drug-likeness (QED) is 0.604. The van der Waals surface area contributed by atoms with Crippen LogP contribution in [0.1, 0.15) is 5.69 Å². The van der Waals surface area contributed by atoms with Crippen LogP contribution in [0.4, 0.5) is 5.82 Å². The maximum atomic E-state index is 10.8. The van der Waals surface area contributed by atoms with Crippen LogP contribution in [0, 0.1) is 11.8 Å². The van der Waals surface area contributed by atoms with Crippen molar-refractivity contribution in [1.82, 2.24) is 9.55 Å². The van der Waals surface area contributed by atoms with Gasteiger partial charge in [-0.3, -0.25) is 4.57 Å². The lowest BCUT2D eigenvalue weighted by Gasteiger charge is -1.89. The van der Waals surface area contributed by atoms with Crippen molar-refractivity contribution in [2.75, 3.05) is 7.05 Å². The van der Waals surface area contributed by atoms with Gasteiger partial charge in [0.25, 0.3) is 0 Å². The van der Waals surface area contributed by atoms with Crippen LogP contribution in [-0.2, 0) is 7.05 Å². The van der Waals surface area contributed by atoms with Gasteiger partial charge in [-0.25, -0.2) is 0 Å². The fourth-order valence-corrected chi connectivity index (χ4v) is 1.04. The van der Waals surface area contributed by atoms with Gasteiger partial charge in [-0.05, 0) is 28.3 Å². The van der Waals surface area contributed by atoms with E-state index in [1.165, 1.54) is 7.05 Å². The van der Waals surface area contributed by atoms with Crippen LogP contribution in [0.2, 0.25) is 5.28 Å². The van der Waals surface area contributed by atoms with Gasteiger partial charge in [-0.15, -0.1) is 0 Å². The summed E-state index contributed by atoms with van der Waals surface area (Å²) in [5.41, 5.74) is 0.771. The number of nitroso groups, excluding NO2 is 1. The molecule has 1 aromatic heterocycles. The summed E-state index contributed by atoms with van der Waals surface area (Å²) in [4.78, 5) is 14.7. The van der Waals surface area contributed by atoms with E-state index >= 15 is 0 Å². The zero-order valence-electron chi connectivity index (χ0n) is 6.63. The summed E-state index contributed by atoms with van der Waals surface area (Å²) in [7, 11) is 3.16. The highest BCUT2D eigenvalue weighted by Crippen LogP contribution is 2.19. The molecule has 0 bridgehead atoms. The molecule has 11 heavy (non-hydrogen) atoms. The summed E-state index contributed by atoms with van der Waals surface area (Å²) < 4.78 is 2.35. The summed E-state index contributed by atoms with van der Waals surface area (Å²) in [6.07, 6.45) is 0. The molecule has 1 heterocycles. The lowest BCUT2D eigenvalue weighted by atomic mass is 10.5. The molecular weight excluding hydrogens is 166 g/mol. The molecule has 0 aliphatic rings. The number of nitrogens with zero attached hydrogens (tertiary/aromatic N) is 3. The fraction of sp³-hybridized carbons (Fsp3) is 0.500. The molecule has 60 valence electrons. The van der Waals surface area contributed by atoms with E-state index in [4.69, 9.17) is 11.6 Å². The summed E-state index contributed by atoms with van der Waals surface area (Å²) in [5, 5.41) is 0.334. The van der Waals surface area contributed by atoms with Gasteiger partial charge in [0.05, 0.1) is 0 Å². The molecule has 0 amide bonds. The molecule has 0 aliphatic heterocycles. The predicted molar refractivity (Wildman–Crippen MR) is 42.2 cm³/mol. The Labute approximate surface area is 69.4 Å². The minimum atomic E-state index is 0.334. The molecule has 0 aliphatic carbocycles. The van der Waals surface area contributed by atoms with Gasteiger partial charge in [0, 0.05) is 7.05 Å². The van der Waals surface area contributed by atoms with Crippen molar-refractivity contribution >= 4 is 17.4 Å². The van der Waals surface area contributed by atoms with E-state index in [1.54, 1.807) is 18.5 Å². The molecular formula is C6H9ClN3O+. The Hall–Kier alpha value is -0.900. The first-order valence-corrected chi connectivity index (χ1v) is 3.51. The Balaban J connectivity index is 3.29. The van der Waals surface area contributed by atoms with Crippen molar-refractivity contribution in [2.45, 2.75) is 6.92 Å². The lowest BCUT2D eigenvalue weighted by Crippen LogP contribution is -1.95. The van der Waals surface area contributed by atoms with Crippen LogP contribution in [0.15, 0.2) is 0 Å². The molecule has 0 N–H and O–H groups in total. The monoisotopic (exact) mass is 174 g/mol. The average Bonchev–Trinajstić information content (AvgIpc) is 2.17. The Kier molecular flexibility index (Phi) is 1.95. The number of hydrogen-bond acceptors (Lipinski definition) is 2. The molecule has 0 saturated carbocycles. The van der Waals surface area contributed by atoms with Crippen LogP contribution < -0.4 is 0 Å². The number of rotatable bonds is 1. The number of imidazole rings is 1. The molecule has 0 spiro atoms. The highest BCUT2D eigenvalue weighted by atomic mass is 35.5. The second kappa shape index (κ2) is 2.62. The van der Waals surface area contributed by atoms with Crippen molar-refractivity contribution in [3.05, 3.63) is 15.9 Å². The van der Waals surface area contributed by atoms with E-state index in [1.807, 2.05) is 0 Å². The first kappa shape index (κ1) is 8.20. The number of hydrogen-bond donors (Lipinski definition) is 0. The summed E-state index contributed by atoms with van der Waals surface area (Å²) in [5.74, 6) is 0.373. The fourth-order valence-electron chi connectivity index (χ4n) is 0.830. The SMILES string of the molecule is Cc1c([N+](C)=O)nc(Cl)n1C.